The van der Waals surface area contributed by atoms with Crippen LogP contribution in [0.2, 0.25) is 0 Å². The second-order valence-electron chi connectivity index (χ2n) is 8.19. The first-order valence-corrected chi connectivity index (χ1v) is 11.4. The molecule has 0 spiro atoms. The minimum absolute atomic E-state index is 0.188. The molecule has 0 bridgehead atoms. The summed E-state index contributed by atoms with van der Waals surface area (Å²) in [6.45, 7) is 4.42. The molecule has 0 saturated heterocycles. The fourth-order valence-corrected chi connectivity index (χ4v) is 3.90. The van der Waals surface area contributed by atoms with Gasteiger partial charge >= 0.3 is 0 Å². The molecule has 0 heterocycles. The van der Waals surface area contributed by atoms with Gasteiger partial charge in [0.05, 0.1) is 0 Å². The average Bonchev–Trinajstić information content (AvgIpc) is 2.77. The van der Waals surface area contributed by atoms with Crippen LogP contribution < -0.4 is 0 Å². The number of phenolic OH excluding ortho intramolecular Hbond substituents is 2. The Hall–Kier alpha value is -2.74. The van der Waals surface area contributed by atoms with Crippen molar-refractivity contribution in [2.24, 2.45) is 0 Å². The molecule has 2 heteroatoms. The van der Waals surface area contributed by atoms with Crippen molar-refractivity contribution in [3.63, 3.8) is 0 Å². The van der Waals surface area contributed by atoms with Crippen molar-refractivity contribution < 1.29 is 10.2 Å². The van der Waals surface area contributed by atoms with Gasteiger partial charge in [-0.25, -0.2) is 0 Å². The van der Waals surface area contributed by atoms with E-state index in [1.54, 1.807) is 12.1 Å². The van der Waals surface area contributed by atoms with Gasteiger partial charge in [-0.15, -0.1) is 0 Å². The van der Waals surface area contributed by atoms with Gasteiger partial charge in [0.15, 0.2) is 0 Å². The van der Waals surface area contributed by atoms with Gasteiger partial charge in [-0.1, -0.05) is 88.1 Å². The zero-order valence-electron chi connectivity index (χ0n) is 18.3. The van der Waals surface area contributed by atoms with E-state index in [-0.39, 0.29) is 11.5 Å². The summed E-state index contributed by atoms with van der Waals surface area (Å²) in [6.07, 6.45) is 9.51. The maximum Gasteiger partial charge on any atom is 0.124 e. The van der Waals surface area contributed by atoms with Gasteiger partial charge in [-0.05, 0) is 60.1 Å². The van der Waals surface area contributed by atoms with Gasteiger partial charge in [-0.2, -0.15) is 0 Å². The van der Waals surface area contributed by atoms with Crippen molar-refractivity contribution in [2.75, 3.05) is 0 Å². The highest BCUT2D eigenvalue weighted by Crippen LogP contribution is 2.39. The lowest BCUT2D eigenvalue weighted by atomic mass is 9.96. The summed E-state index contributed by atoms with van der Waals surface area (Å²) in [5.74, 6) is 0.377. The summed E-state index contributed by atoms with van der Waals surface area (Å²) in [7, 11) is 0. The molecule has 158 valence electrons. The summed E-state index contributed by atoms with van der Waals surface area (Å²) < 4.78 is 0. The Morgan fingerprint density at radius 2 is 0.900 bits per heavy atom. The number of benzene rings is 3. The molecule has 30 heavy (non-hydrogen) atoms. The fourth-order valence-electron chi connectivity index (χ4n) is 3.90. The topological polar surface area (TPSA) is 40.5 Å². The lowest BCUT2D eigenvalue weighted by molar-refractivity contribution is 0.463. The number of unbranched alkanes of at least 4 members (excludes halogenated alkanes) is 4. The molecule has 2 N–H and O–H groups in total. The Bertz CT molecular complexity index is 845. The van der Waals surface area contributed by atoms with E-state index in [9.17, 15) is 10.2 Å². The molecule has 0 unspecified atom stereocenters. The number of hydrogen-bond donors (Lipinski definition) is 2. The van der Waals surface area contributed by atoms with Crippen LogP contribution in [0.3, 0.4) is 0 Å². The quantitative estimate of drug-likeness (QED) is 0.267. The maximum atomic E-state index is 10.7. The molecule has 0 aliphatic rings. The number of hydrogen-bond acceptors (Lipinski definition) is 2. The van der Waals surface area contributed by atoms with Crippen molar-refractivity contribution in [2.45, 2.75) is 65.2 Å². The Kier molecular flexibility index (Phi) is 7.96. The largest absolute Gasteiger partial charge is 0.507 e. The molecular formula is C28H34O2. The van der Waals surface area contributed by atoms with Crippen molar-refractivity contribution >= 4 is 0 Å². The summed E-state index contributed by atoms with van der Waals surface area (Å²) in [5.41, 5.74) is 5.78. The predicted octanol–water partition coefficient (Wildman–Crippen LogP) is 7.90. The third kappa shape index (κ3) is 5.66. The van der Waals surface area contributed by atoms with Crippen LogP contribution in [0.4, 0.5) is 0 Å². The molecule has 3 aromatic rings. The van der Waals surface area contributed by atoms with E-state index < -0.39 is 0 Å². The monoisotopic (exact) mass is 402 g/mol. The first-order valence-electron chi connectivity index (χ1n) is 11.4. The van der Waals surface area contributed by atoms with Crippen LogP contribution in [0.15, 0.2) is 60.7 Å². The van der Waals surface area contributed by atoms with Gasteiger partial charge in [0.25, 0.3) is 0 Å². The first kappa shape index (κ1) is 22.0. The Morgan fingerprint density at radius 1 is 0.533 bits per heavy atom. The Labute approximate surface area is 181 Å². The van der Waals surface area contributed by atoms with E-state index >= 15 is 0 Å². The number of rotatable bonds is 10. The smallest absolute Gasteiger partial charge is 0.124 e. The van der Waals surface area contributed by atoms with Crippen LogP contribution in [-0.4, -0.2) is 10.2 Å². The third-order valence-electron chi connectivity index (χ3n) is 5.78. The summed E-state index contributed by atoms with van der Waals surface area (Å²) in [4.78, 5) is 0. The van der Waals surface area contributed by atoms with Crippen LogP contribution >= 0.6 is 0 Å². The van der Waals surface area contributed by atoms with Crippen LogP contribution in [-0.2, 0) is 12.8 Å². The van der Waals surface area contributed by atoms with Crippen molar-refractivity contribution in [1.29, 1.82) is 0 Å². The van der Waals surface area contributed by atoms with E-state index in [1.807, 2.05) is 24.3 Å². The first-order chi connectivity index (χ1) is 14.6. The average molecular weight is 403 g/mol. The predicted molar refractivity (Wildman–Crippen MR) is 127 cm³/mol. The highest BCUT2D eigenvalue weighted by atomic mass is 16.3. The van der Waals surface area contributed by atoms with Crippen molar-refractivity contribution in [3.8, 4) is 33.8 Å². The highest BCUT2D eigenvalue weighted by molar-refractivity contribution is 5.80. The molecule has 0 saturated carbocycles. The molecule has 2 nitrogen and oxygen atoms in total. The molecular weight excluding hydrogens is 368 g/mol. The Balaban J connectivity index is 1.77. The second-order valence-corrected chi connectivity index (χ2v) is 8.19. The van der Waals surface area contributed by atoms with Gasteiger partial charge < -0.3 is 10.2 Å². The van der Waals surface area contributed by atoms with Crippen molar-refractivity contribution in [3.05, 3.63) is 71.8 Å². The molecule has 3 aromatic carbocycles. The van der Waals surface area contributed by atoms with Crippen LogP contribution in [0, 0.1) is 0 Å². The minimum Gasteiger partial charge on any atom is -0.507 e. The molecule has 0 aliphatic carbocycles. The zero-order chi connectivity index (χ0) is 21.3. The van der Waals surface area contributed by atoms with E-state index in [0.29, 0.717) is 11.1 Å². The molecule has 0 aliphatic heterocycles. The number of aryl methyl sites for hydroxylation is 2. The summed E-state index contributed by atoms with van der Waals surface area (Å²) in [5, 5.41) is 21.3. The molecule has 0 amide bonds. The molecule has 0 aromatic heterocycles. The summed E-state index contributed by atoms with van der Waals surface area (Å²) in [6, 6.07) is 19.9. The van der Waals surface area contributed by atoms with Gasteiger partial charge in [0, 0.05) is 11.1 Å². The second kappa shape index (κ2) is 10.9. The molecule has 0 atom stereocenters. The van der Waals surface area contributed by atoms with Gasteiger partial charge in [0.1, 0.15) is 11.5 Å². The molecule has 3 rings (SSSR count). The van der Waals surface area contributed by atoms with E-state index in [4.69, 9.17) is 0 Å². The Morgan fingerprint density at radius 3 is 1.23 bits per heavy atom. The SMILES string of the molecule is CCCCCc1ccc(-c2cc(O)c(-c3ccc(CCCCC)cc3)cc2O)cc1. The van der Waals surface area contributed by atoms with E-state index in [0.717, 1.165) is 24.0 Å². The normalized spacial score (nSPS) is 11.0. The molecule has 0 radical (unpaired) electrons. The van der Waals surface area contributed by atoms with Crippen LogP contribution in [0.1, 0.15) is 63.5 Å². The number of phenols is 2. The van der Waals surface area contributed by atoms with Crippen molar-refractivity contribution in [1.82, 2.24) is 0 Å². The minimum atomic E-state index is 0.188. The van der Waals surface area contributed by atoms with Crippen LogP contribution in [0.25, 0.3) is 22.3 Å². The maximum absolute atomic E-state index is 10.7. The summed E-state index contributed by atoms with van der Waals surface area (Å²) >= 11 is 0. The highest BCUT2D eigenvalue weighted by Gasteiger charge is 2.12. The fraction of sp³-hybridized carbons (Fsp3) is 0.357. The van der Waals surface area contributed by atoms with E-state index in [2.05, 4.69) is 38.1 Å². The third-order valence-corrected chi connectivity index (χ3v) is 5.78. The number of aromatic hydroxyl groups is 2. The lowest BCUT2D eigenvalue weighted by Gasteiger charge is -2.12. The molecule has 0 fully saturated rings. The lowest BCUT2D eigenvalue weighted by Crippen LogP contribution is -1.88. The van der Waals surface area contributed by atoms with Gasteiger partial charge in [-0.3, -0.25) is 0 Å². The van der Waals surface area contributed by atoms with Gasteiger partial charge in [0.2, 0.25) is 0 Å². The standard InChI is InChI=1S/C28H34O2/c1-3-5-7-9-21-11-15-23(16-12-21)25-19-28(30)26(20-27(25)29)24-17-13-22(14-18-24)10-8-6-4-2/h11-20,29-30H,3-10H2,1-2H3. The van der Waals surface area contributed by atoms with E-state index in [1.165, 1.54) is 49.7 Å². The van der Waals surface area contributed by atoms with Crippen LogP contribution in [0.5, 0.6) is 11.5 Å². The zero-order valence-corrected chi connectivity index (χ0v) is 18.3.